The maximum atomic E-state index is 13.2. The molecule has 0 saturated carbocycles. The molecular formula is C13H12BrF2NO2S. The van der Waals surface area contributed by atoms with E-state index in [0.29, 0.717) is 6.54 Å². The minimum Gasteiger partial charge on any atom is -0.481 e. The number of carboxylic acid groups (broad SMARTS) is 1. The van der Waals surface area contributed by atoms with Gasteiger partial charge in [0.25, 0.3) is 5.92 Å². The van der Waals surface area contributed by atoms with E-state index < -0.39 is 24.9 Å². The summed E-state index contributed by atoms with van der Waals surface area (Å²) in [6.07, 6.45) is -1.15. The van der Waals surface area contributed by atoms with Crippen molar-refractivity contribution in [3.05, 3.63) is 33.6 Å². The van der Waals surface area contributed by atoms with Crippen LogP contribution in [-0.2, 0) is 11.3 Å². The molecule has 7 heteroatoms. The molecule has 0 unspecified atom stereocenters. The minimum atomic E-state index is -3.23. The van der Waals surface area contributed by atoms with Gasteiger partial charge in [-0.15, -0.1) is 11.3 Å². The van der Waals surface area contributed by atoms with Crippen LogP contribution in [0.5, 0.6) is 0 Å². The third-order valence-corrected chi connectivity index (χ3v) is 4.23. The molecular weight excluding hydrogens is 352 g/mol. The number of benzene rings is 1. The average Bonchev–Trinajstić information content (AvgIpc) is 2.68. The van der Waals surface area contributed by atoms with Crippen molar-refractivity contribution in [3.63, 3.8) is 0 Å². The van der Waals surface area contributed by atoms with E-state index in [9.17, 15) is 13.6 Å². The molecule has 1 aromatic carbocycles. The van der Waals surface area contributed by atoms with Gasteiger partial charge >= 0.3 is 5.97 Å². The van der Waals surface area contributed by atoms with Crippen molar-refractivity contribution < 1.29 is 18.7 Å². The first-order valence-corrected chi connectivity index (χ1v) is 7.45. The third-order valence-electron chi connectivity index (χ3n) is 2.62. The predicted octanol–water partition coefficient (Wildman–Crippen LogP) is 3.86. The Kier molecular flexibility index (Phi) is 4.72. The van der Waals surface area contributed by atoms with Crippen molar-refractivity contribution in [1.82, 2.24) is 5.32 Å². The predicted molar refractivity (Wildman–Crippen MR) is 78.4 cm³/mol. The third kappa shape index (κ3) is 4.22. The van der Waals surface area contributed by atoms with Gasteiger partial charge in [-0.1, -0.05) is 15.9 Å². The number of hydrogen-bond donors (Lipinski definition) is 2. The topological polar surface area (TPSA) is 49.3 Å². The first-order valence-electron chi connectivity index (χ1n) is 5.84. The molecule has 2 N–H and O–H groups in total. The summed E-state index contributed by atoms with van der Waals surface area (Å²) in [5.41, 5.74) is 0. The highest BCUT2D eigenvalue weighted by atomic mass is 79.9. The molecule has 0 spiro atoms. The first-order chi connectivity index (χ1) is 9.35. The SMILES string of the molecule is O=C(O)CC(F)(F)CNCc1cc2cc(Br)ccc2s1. The van der Waals surface area contributed by atoms with Gasteiger partial charge in [0.2, 0.25) is 0 Å². The number of nitrogens with one attached hydrogen (secondary N) is 1. The van der Waals surface area contributed by atoms with Crippen molar-refractivity contribution in [1.29, 1.82) is 0 Å². The standard InChI is InChI=1S/C13H12BrF2NO2S/c14-9-1-2-11-8(3-9)4-10(20-11)6-17-7-13(15,16)5-12(18)19/h1-4,17H,5-7H2,(H,18,19). The average molecular weight is 364 g/mol. The molecule has 0 aliphatic carbocycles. The number of aliphatic carboxylic acids is 1. The zero-order chi connectivity index (χ0) is 14.8. The van der Waals surface area contributed by atoms with Gasteiger partial charge in [0.1, 0.15) is 6.42 Å². The molecule has 2 aromatic rings. The number of halogens is 3. The van der Waals surface area contributed by atoms with Gasteiger partial charge in [-0.2, -0.15) is 0 Å². The van der Waals surface area contributed by atoms with Crippen LogP contribution in [0.1, 0.15) is 11.3 Å². The van der Waals surface area contributed by atoms with Crippen LogP contribution < -0.4 is 5.32 Å². The van der Waals surface area contributed by atoms with Crippen molar-refractivity contribution in [3.8, 4) is 0 Å². The molecule has 0 aliphatic rings. The summed E-state index contributed by atoms with van der Waals surface area (Å²) in [7, 11) is 0. The van der Waals surface area contributed by atoms with Crippen molar-refractivity contribution >= 4 is 43.3 Å². The molecule has 20 heavy (non-hydrogen) atoms. The second-order valence-electron chi connectivity index (χ2n) is 4.42. The molecule has 108 valence electrons. The maximum Gasteiger partial charge on any atom is 0.309 e. The monoisotopic (exact) mass is 363 g/mol. The molecule has 0 aliphatic heterocycles. The van der Waals surface area contributed by atoms with Crippen molar-refractivity contribution in [2.75, 3.05) is 6.54 Å². The lowest BCUT2D eigenvalue weighted by Crippen LogP contribution is -2.34. The van der Waals surface area contributed by atoms with Crippen LogP contribution in [0.15, 0.2) is 28.7 Å². The molecule has 0 saturated heterocycles. The van der Waals surface area contributed by atoms with E-state index in [-0.39, 0.29) is 0 Å². The van der Waals surface area contributed by atoms with Gasteiger partial charge in [0.15, 0.2) is 0 Å². The van der Waals surface area contributed by atoms with Crippen LogP contribution in [0.25, 0.3) is 10.1 Å². The van der Waals surface area contributed by atoms with Gasteiger partial charge in [-0.3, -0.25) is 4.79 Å². The van der Waals surface area contributed by atoms with E-state index in [1.165, 1.54) is 11.3 Å². The number of alkyl halides is 2. The first kappa shape index (κ1) is 15.3. The zero-order valence-corrected chi connectivity index (χ0v) is 12.7. The summed E-state index contributed by atoms with van der Waals surface area (Å²) in [5.74, 6) is -4.73. The number of fused-ring (bicyclic) bond motifs is 1. The van der Waals surface area contributed by atoms with Gasteiger partial charge in [-0.25, -0.2) is 8.78 Å². The fraction of sp³-hybridized carbons (Fsp3) is 0.308. The summed E-state index contributed by atoms with van der Waals surface area (Å²) in [5, 5.41) is 12.0. The molecule has 0 atom stereocenters. The maximum absolute atomic E-state index is 13.2. The number of hydrogen-bond acceptors (Lipinski definition) is 3. The van der Waals surface area contributed by atoms with Crippen LogP contribution in [0.4, 0.5) is 8.78 Å². The largest absolute Gasteiger partial charge is 0.481 e. The number of rotatable bonds is 6. The van der Waals surface area contributed by atoms with Crippen molar-refractivity contribution in [2.24, 2.45) is 0 Å². The van der Waals surface area contributed by atoms with Gasteiger partial charge in [0.05, 0.1) is 6.54 Å². The molecule has 0 fully saturated rings. The fourth-order valence-electron chi connectivity index (χ4n) is 1.81. The highest BCUT2D eigenvalue weighted by Crippen LogP contribution is 2.28. The summed E-state index contributed by atoms with van der Waals surface area (Å²) in [4.78, 5) is 11.2. The second-order valence-corrected chi connectivity index (χ2v) is 6.51. The zero-order valence-electron chi connectivity index (χ0n) is 10.3. The van der Waals surface area contributed by atoms with Crippen LogP contribution in [0.2, 0.25) is 0 Å². The Morgan fingerprint density at radius 3 is 2.85 bits per heavy atom. The molecule has 0 radical (unpaired) electrons. The Labute approximate surface area is 126 Å². The molecule has 2 rings (SSSR count). The summed E-state index contributed by atoms with van der Waals surface area (Å²) < 4.78 is 28.4. The molecule has 0 amide bonds. The van der Waals surface area contributed by atoms with E-state index in [4.69, 9.17) is 5.11 Å². The van der Waals surface area contributed by atoms with Crippen LogP contribution in [0.3, 0.4) is 0 Å². The summed E-state index contributed by atoms with van der Waals surface area (Å²) in [6, 6.07) is 7.80. The smallest absolute Gasteiger partial charge is 0.309 e. The summed E-state index contributed by atoms with van der Waals surface area (Å²) >= 11 is 4.90. The van der Waals surface area contributed by atoms with E-state index in [1.807, 2.05) is 24.3 Å². The van der Waals surface area contributed by atoms with Gasteiger partial charge in [-0.05, 0) is 29.7 Å². The van der Waals surface area contributed by atoms with Crippen molar-refractivity contribution in [2.45, 2.75) is 18.9 Å². The lowest BCUT2D eigenvalue weighted by Gasteiger charge is -2.14. The van der Waals surface area contributed by atoms with E-state index in [0.717, 1.165) is 19.4 Å². The fourth-order valence-corrected chi connectivity index (χ4v) is 3.20. The Morgan fingerprint density at radius 1 is 1.40 bits per heavy atom. The highest BCUT2D eigenvalue weighted by Gasteiger charge is 2.31. The van der Waals surface area contributed by atoms with Crippen LogP contribution in [-0.4, -0.2) is 23.5 Å². The Balaban J connectivity index is 1.94. The van der Waals surface area contributed by atoms with Crippen LogP contribution >= 0.6 is 27.3 Å². The van der Waals surface area contributed by atoms with Gasteiger partial charge in [0, 0.05) is 20.6 Å². The molecule has 1 aromatic heterocycles. The van der Waals surface area contributed by atoms with E-state index in [2.05, 4.69) is 21.2 Å². The molecule has 3 nitrogen and oxygen atoms in total. The Hall–Kier alpha value is -1.05. The molecule has 1 heterocycles. The van der Waals surface area contributed by atoms with E-state index >= 15 is 0 Å². The van der Waals surface area contributed by atoms with Crippen LogP contribution in [0, 0.1) is 0 Å². The lowest BCUT2D eigenvalue weighted by atomic mass is 10.2. The lowest BCUT2D eigenvalue weighted by molar-refractivity contribution is -0.144. The Bertz CT molecular complexity index is 630. The number of carbonyl (C=O) groups is 1. The highest BCUT2D eigenvalue weighted by molar-refractivity contribution is 9.10. The second kappa shape index (κ2) is 6.15. The summed E-state index contributed by atoms with van der Waals surface area (Å²) in [6.45, 7) is -0.344. The molecule has 0 bridgehead atoms. The normalized spacial score (nSPS) is 11.9. The number of thiophene rings is 1. The number of carboxylic acids is 1. The van der Waals surface area contributed by atoms with E-state index in [1.54, 1.807) is 0 Å². The quantitative estimate of drug-likeness (QED) is 0.818. The minimum absolute atomic E-state index is 0.298. The Morgan fingerprint density at radius 2 is 2.15 bits per heavy atom. The van der Waals surface area contributed by atoms with Gasteiger partial charge < -0.3 is 10.4 Å².